The molecule has 1 aromatic carbocycles. The molecule has 0 aliphatic carbocycles. The van der Waals surface area contributed by atoms with Gasteiger partial charge in [-0.15, -0.1) is 0 Å². The number of hydrogen-bond acceptors (Lipinski definition) is 4. The summed E-state index contributed by atoms with van der Waals surface area (Å²) in [5.74, 6) is -0.989. The van der Waals surface area contributed by atoms with Crippen molar-refractivity contribution < 1.29 is 20.1 Å². The highest BCUT2D eigenvalue weighted by molar-refractivity contribution is 5.67. The molecule has 0 saturated heterocycles. The van der Waals surface area contributed by atoms with Crippen LogP contribution < -0.4 is 5.32 Å². The van der Waals surface area contributed by atoms with Crippen molar-refractivity contribution in [3.8, 4) is 0 Å². The van der Waals surface area contributed by atoms with Crippen molar-refractivity contribution in [2.24, 2.45) is 0 Å². The van der Waals surface area contributed by atoms with Gasteiger partial charge in [-0.3, -0.25) is 4.79 Å². The monoisotopic (exact) mass is 253 g/mol. The molecule has 0 aliphatic rings. The maximum atomic E-state index is 10.7. The van der Waals surface area contributed by atoms with Gasteiger partial charge in [0.2, 0.25) is 0 Å². The van der Waals surface area contributed by atoms with Crippen LogP contribution in [-0.4, -0.2) is 40.5 Å². The zero-order valence-corrected chi connectivity index (χ0v) is 10.3. The Morgan fingerprint density at radius 2 is 1.94 bits per heavy atom. The van der Waals surface area contributed by atoms with Crippen LogP contribution in [0, 0.1) is 6.92 Å². The first kappa shape index (κ1) is 14.6. The van der Waals surface area contributed by atoms with E-state index in [1.807, 2.05) is 19.1 Å². The Labute approximate surface area is 106 Å². The molecule has 2 atom stereocenters. The van der Waals surface area contributed by atoms with E-state index in [0.717, 1.165) is 5.56 Å². The molecule has 0 saturated carbocycles. The van der Waals surface area contributed by atoms with Gasteiger partial charge in [0.15, 0.2) is 0 Å². The summed E-state index contributed by atoms with van der Waals surface area (Å²) in [6.45, 7) is 2.09. The third-order valence-electron chi connectivity index (χ3n) is 2.71. The molecule has 1 rings (SSSR count). The van der Waals surface area contributed by atoms with Crippen LogP contribution in [0.25, 0.3) is 0 Å². The average molecular weight is 253 g/mol. The predicted octanol–water partition coefficient (Wildman–Crippen LogP) is 0.454. The van der Waals surface area contributed by atoms with E-state index in [2.05, 4.69) is 5.32 Å². The summed E-state index contributed by atoms with van der Waals surface area (Å²) in [5, 5.41) is 30.5. The van der Waals surface area contributed by atoms with Gasteiger partial charge < -0.3 is 20.6 Å². The molecule has 18 heavy (non-hydrogen) atoms. The van der Waals surface area contributed by atoms with Crippen LogP contribution >= 0.6 is 0 Å². The van der Waals surface area contributed by atoms with E-state index in [1.54, 1.807) is 12.1 Å². The lowest BCUT2D eigenvalue weighted by atomic mass is 9.99. The van der Waals surface area contributed by atoms with Gasteiger partial charge in [-0.25, -0.2) is 0 Å². The molecule has 1 aromatic rings. The van der Waals surface area contributed by atoms with E-state index in [0.29, 0.717) is 5.56 Å². The molecular weight excluding hydrogens is 234 g/mol. The molecule has 0 radical (unpaired) electrons. The van der Waals surface area contributed by atoms with Crippen molar-refractivity contribution in [2.75, 3.05) is 13.2 Å². The van der Waals surface area contributed by atoms with Gasteiger partial charge in [-0.2, -0.15) is 0 Å². The van der Waals surface area contributed by atoms with Gasteiger partial charge in [0.05, 0.1) is 19.1 Å². The lowest BCUT2D eigenvalue weighted by Crippen LogP contribution is -2.38. The molecule has 5 nitrogen and oxygen atoms in total. The fourth-order valence-corrected chi connectivity index (χ4v) is 1.73. The second-order valence-corrected chi connectivity index (χ2v) is 4.24. The largest absolute Gasteiger partial charge is 0.481 e. The van der Waals surface area contributed by atoms with Gasteiger partial charge in [-0.05, 0) is 12.5 Å². The number of aliphatic hydroxyl groups is 2. The normalized spacial score (nSPS) is 14.2. The summed E-state index contributed by atoms with van der Waals surface area (Å²) in [5.41, 5.74) is 1.74. The lowest BCUT2D eigenvalue weighted by Gasteiger charge is -2.23. The van der Waals surface area contributed by atoms with Crippen molar-refractivity contribution >= 4 is 5.97 Å². The van der Waals surface area contributed by atoms with Gasteiger partial charge in [0, 0.05) is 12.6 Å². The number of carbonyl (C=O) groups is 1. The Morgan fingerprint density at radius 1 is 1.33 bits per heavy atom. The number of rotatable bonds is 7. The van der Waals surface area contributed by atoms with Crippen LogP contribution in [0.3, 0.4) is 0 Å². The van der Waals surface area contributed by atoms with Gasteiger partial charge >= 0.3 is 5.97 Å². The molecule has 0 bridgehead atoms. The Balaban J connectivity index is 2.76. The Bertz CT molecular complexity index is 377. The maximum Gasteiger partial charge on any atom is 0.305 e. The third kappa shape index (κ3) is 4.44. The Morgan fingerprint density at radius 3 is 2.44 bits per heavy atom. The summed E-state index contributed by atoms with van der Waals surface area (Å²) in [6.07, 6.45) is -1.11. The molecule has 2 unspecified atom stereocenters. The number of carboxylic acid groups (broad SMARTS) is 1. The van der Waals surface area contributed by atoms with E-state index < -0.39 is 18.1 Å². The standard InChI is InChI=1S/C13H19NO4/c1-9-2-4-10(5-3-9)13(18)11(8-12(16)17)14-6-7-15/h2-5,11,13-15,18H,6-8H2,1H3,(H,16,17). The molecule has 4 N–H and O–H groups in total. The van der Waals surface area contributed by atoms with Crippen molar-refractivity contribution in [1.29, 1.82) is 0 Å². The fourth-order valence-electron chi connectivity index (χ4n) is 1.73. The lowest BCUT2D eigenvalue weighted by molar-refractivity contribution is -0.138. The highest BCUT2D eigenvalue weighted by atomic mass is 16.4. The van der Waals surface area contributed by atoms with E-state index in [9.17, 15) is 9.90 Å². The van der Waals surface area contributed by atoms with Crippen molar-refractivity contribution in [3.05, 3.63) is 35.4 Å². The molecule has 0 fully saturated rings. The predicted molar refractivity (Wildman–Crippen MR) is 67.3 cm³/mol. The minimum absolute atomic E-state index is 0.100. The molecule has 0 heterocycles. The van der Waals surface area contributed by atoms with Crippen LogP contribution in [0.1, 0.15) is 23.7 Å². The van der Waals surface area contributed by atoms with E-state index in [1.165, 1.54) is 0 Å². The van der Waals surface area contributed by atoms with E-state index in [4.69, 9.17) is 10.2 Å². The summed E-state index contributed by atoms with van der Waals surface area (Å²) in [4.78, 5) is 10.7. The number of carboxylic acids is 1. The first-order chi connectivity index (χ1) is 8.54. The molecule has 5 heteroatoms. The van der Waals surface area contributed by atoms with Crippen LogP contribution in [0.4, 0.5) is 0 Å². The van der Waals surface area contributed by atoms with Crippen molar-refractivity contribution in [1.82, 2.24) is 5.32 Å². The quantitative estimate of drug-likeness (QED) is 0.566. The first-order valence-electron chi connectivity index (χ1n) is 5.85. The van der Waals surface area contributed by atoms with Crippen LogP contribution in [0.15, 0.2) is 24.3 Å². The zero-order chi connectivity index (χ0) is 13.5. The smallest absolute Gasteiger partial charge is 0.305 e. The second kappa shape index (κ2) is 7.10. The van der Waals surface area contributed by atoms with Crippen molar-refractivity contribution in [3.63, 3.8) is 0 Å². The average Bonchev–Trinajstić information content (AvgIpc) is 2.34. The topological polar surface area (TPSA) is 89.8 Å². The maximum absolute atomic E-state index is 10.7. The molecule has 100 valence electrons. The summed E-state index contributed by atoms with van der Waals surface area (Å²) in [6, 6.07) is 6.66. The summed E-state index contributed by atoms with van der Waals surface area (Å²) in [7, 11) is 0. The minimum Gasteiger partial charge on any atom is -0.481 e. The molecule has 0 aromatic heterocycles. The minimum atomic E-state index is -0.989. The zero-order valence-electron chi connectivity index (χ0n) is 10.3. The highest BCUT2D eigenvalue weighted by Gasteiger charge is 2.22. The van der Waals surface area contributed by atoms with E-state index in [-0.39, 0.29) is 19.6 Å². The second-order valence-electron chi connectivity index (χ2n) is 4.24. The van der Waals surface area contributed by atoms with Gasteiger partial charge in [0.25, 0.3) is 0 Å². The SMILES string of the molecule is Cc1ccc(C(O)C(CC(=O)O)NCCO)cc1. The first-order valence-corrected chi connectivity index (χ1v) is 5.85. The Hall–Kier alpha value is -1.43. The number of aryl methyl sites for hydroxylation is 1. The molecule has 0 amide bonds. The molecular formula is C13H19NO4. The summed E-state index contributed by atoms with van der Waals surface area (Å²) < 4.78 is 0. The third-order valence-corrected chi connectivity index (χ3v) is 2.71. The Kier molecular flexibility index (Phi) is 5.77. The van der Waals surface area contributed by atoms with Crippen LogP contribution in [0.5, 0.6) is 0 Å². The van der Waals surface area contributed by atoms with Crippen LogP contribution in [-0.2, 0) is 4.79 Å². The van der Waals surface area contributed by atoms with Crippen molar-refractivity contribution in [2.45, 2.75) is 25.5 Å². The molecule has 0 aliphatic heterocycles. The number of hydrogen-bond donors (Lipinski definition) is 4. The number of aliphatic carboxylic acids is 1. The number of benzene rings is 1. The van der Waals surface area contributed by atoms with Gasteiger partial charge in [0.1, 0.15) is 0 Å². The number of nitrogens with one attached hydrogen (secondary N) is 1. The van der Waals surface area contributed by atoms with E-state index >= 15 is 0 Å². The van der Waals surface area contributed by atoms with Crippen LogP contribution in [0.2, 0.25) is 0 Å². The molecule has 0 spiro atoms. The summed E-state index contributed by atoms with van der Waals surface area (Å²) >= 11 is 0. The highest BCUT2D eigenvalue weighted by Crippen LogP contribution is 2.19. The fraction of sp³-hybridized carbons (Fsp3) is 0.462. The van der Waals surface area contributed by atoms with Gasteiger partial charge in [-0.1, -0.05) is 29.8 Å². The number of aliphatic hydroxyl groups excluding tert-OH is 2.